The molecule has 1 aromatic carbocycles. The van der Waals surface area contributed by atoms with Crippen molar-refractivity contribution in [3.05, 3.63) is 28.3 Å². The fourth-order valence-corrected chi connectivity index (χ4v) is 1.53. The third kappa shape index (κ3) is 2.22. The minimum absolute atomic E-state index is 0.0298. The van der Waals surface area contributed by atoms with Gasteiger partial charge in [-0.1, -0.05) is 0 Å². The number of benzene rings is 1. The number of non-ortho nitro benzene ring substituents is 1. The zero-order chi connectivity index (χ0) is 11.8. The quantitative estimate of drug-likeness (QED) is 0.410. The Labute approximate surface area is 92.9 Å². The molecule has 0 atom stereocenters. The van der Waals surface area contributed by atoms with Crippen molar-refractivity contribution in [2.24, 2.45) is 5.84 Å². The lowest BCUT2D eigenvalue weighted by Gasteiger charge is -2.13. The number of rotatable bonds is 4. The van der Waals surface area contributed by atoms with E-state index in [0.29, 0.717) is 5.69 Å². The van der Waals surface area contributed by atoms with Crippen molar-refractivity contribution in [3.63, 3.8) is 0 Å². The van der Waals surface area contributed by atoms with Gasteiger partial charge in [-0.15, -0.1) is 0 Å². The molecule has 0 bridgehead atoms. The summed E-state index contributed by atoms with van der Waals surface area (Å²) in [7, 11) is 0. The van der Waals surface area contributed by atoms with E-state index in [9.17, 15) is 10.1 Å². The molecule has 0 heterocycles. The van der Waals surface area contributed by atoms with E-state index in [1.807, 2.05) is 0 Å². The highest BCUT2D eigenvalue weighted by atomic mass is 16.6. The first-order valence-corrected chi connectivity index (χ1v) is 5.07. The number of anilines is 2. The van der Waals surface area contributed by atoms with Crippen LogP contribution in [-0.4, -0.2) is 10.5 Å². The number of nitrogens with zero attached hydrogens (tertiary/aromatic N) is 1. The Balaban J connectivity index is 2.29. The Kier molecular flexibility index (Phi) is 2.43. The molecule has 1 fully saturated rings. The number of hydrazine groups is 1. The summed E-state index contributed by atoms with van der Waals surface area (Å²) in [4.78, 5) is 10.3. The minimum atomic E-state index is -0.429. The zero-order valence-electron chi connectivity index (χ0n) is 8.99. The molecule has 2 rings (SSSR count). The predicted molar refractivity (Wildman–Crippen MR) is 62.2 cm³/mol. The van der Waals surface area contributed by atoms with Crippen LogP contribution in [0.4, 0.5) is 17.1 Å². The van der Waals surface area contributed by atoms with E-state index >= 15 is 0 Å². The average molecular weight is 222 g/mol. The Bertz CT molecular complexity index is 429. The Hall–Kier alpha value is -1.82. The van der Waals surface area contributed by atoms with E-state index < -0.39 is 4.92 Å². The maximum Gasteiger partial charge on any atom is 0.273 e. The van der Waals surface area contributed by atoms with Crippen LogP contribution < -0.4 is 16.6 Å². The second-order valence-corrected chi connectivity index (χ2v) is 4.36. The van der Waals surface area contributed by atoms with Crippen LogP contribution in [0.3, 0.4) is 0 Å². The molecule has 1 aromatic rings. The predicted octanol–water partition coefficient (Wildman–Crippen LogP) is 1.84. The van der Waals surface area contributed by atoms with E-state index in [1.54, 1.807) is 6.07 Å². The summed E-state index contributed by atoms with van der Waals surface area (Å²) in [5.41, 5.74) is 3.79. The lowest BCUT2D eigenvalue weighted by molar-refractivity contribution is -0.384. The van der Waals surface area contributed by atoms with Gasteiger partial charge in [0.05, 0.1) is 10.6 Å². The smallest absolute Gasteiger partial charge is 0.273 e. The van der Waals surface area contributed by atoms with Gasteiger partial charge >= 0.3 is 0 Å². The number of hydrogen-bond donors (Lipinski definition) is 3. The van der Waals surface area contributed by atoms with E-state index in [4.69, 9.17) is 5.84 Å². The molecule has 0 aromatic heterocycles. The normalized spacial score (nSPS) is 16.6. The Morgan fingerprint density at radius 2 is 2.00 bits per heavy atom. The first kappa shape index (κ1) is 10.7. The highest BCUT2D eigenvalue weighted by Gasteiger charge is 2.37. The number of hydrogen-bond acceptors (Lipinski definition) is 5. The van der Waals surface area contributed by atoms with Crippen molar-refractivity contribution in [2.75, 3.05) is 10.7 Å². The average Bonchev–Trinajstić information content (AvgIpc) is 2.95. The number of nitrogens with two attached hydrogens (primary N) is 1. The van der Waals surface area contributed by atoms with Gasteiger partial charge in [0, 0.05) is 23.4 Å². The third-order valence-electron chi connectivity index (χ3n) is 2.74. The van der Waals surface area contributed by atoms with E-state index in [1.165, 1.54) is 12.1 Å². The van der Waals surface area contributed by atoms with Crippen molar-refractivity contribution in [1.82, 2.24) is 0 Å². The molecule has 6 nitrogen and oxygen atoms in total. The molecular formula is C10H14N4O2. The van der Waals surface area contributed by atoms with Crippen LogP contribution >= 0.6 is 0 Å². The summed E-state index contributed by atoms with van der Waals surface area (Å²) >= 11 is 0. The molecule has 1 aliphatic carbocycles. The van der Waals surface area contributed by atoms with Crippen molar-refractivity contribution >= 4 is 17.1 Å². The fraction of sp³-hybridized carbons (Fsp3) is 0.400. The second kappa shape index (κ2) is 3.64. The molecule has 4 N–H and O–H groups in total. The topological polar surface area (TPSA) is 93.2 Å². The molecule has 16 heavy (non-hydrogen) atoms. The summed E-state index contributed by atoms with van der Waals surface area (Å²) in [5.74, 6) is 5.27. The van der Waals surface area contributed by atoms with E-state index in [2.05, 4.69) is 17.7 Å². The molecule has 0 saturated heterocycles. The molecule has 0 unspecified atom stereocenters. The summed E-state index contributed by atoms with van der Waals surface area (Å²) in [6.45, 7) is 2.08. The van der Waals surface area contributed by atoms with E-state index in [-0.39, 0.29) is 11.2 Å². The first-order valence-electron chi connectivity index (χ1n) is 5.07. The monoisotopic (exact) mass is 222 g/mol. The van der Waals surface area contributed by atoms with Crippen molar-refractivity contribution in [2.45, 2.75) is 25.3 Å². The van der Waals surface area contributed by atoms with Crippen LogP contribution in [0, 0.1) is 10.1 Å². The van der Waals surface area contributed by atoms with Crippen LogP contribution in [0.5, 0.6) is 0 Å². The molecule has 0 aliphatic heterocycles. The van der Waals surface area contributed by atoms with Gasteiger partial charge in [0.2, 0.25) is 0 Å². The van der Waals surface area contributed by atoms with Gasteiger partial charge in [0.25, 0.3) is 5.69 Å². The van der Waals surface area contributed by atoms with Crippen LogP contribution in [-0.2, 0) is 0 Å². The number of nitrogens with one attached hydrogen (secondary N) is 2. The molecular weight excluding hydrogens is 208 g/mol. The number of nitro benzene ring substituents is 1. The van der Waals surface area contributed by atoms with E-state index in [0.717, 1.165) is 18.5 Å². The lowest BCUT2D eigenvalue weighted by Crippen LogP contribution is -2.16. The van der Waals surface area contributed by atoms with Gasteiger partial charge < -0.3 is 10.7 Å². The second-order valence-electron chi connectivity index (χ2n) is 4.36. The lowest BCUT2D eigenvalue weighted by atomic mass is 10.2. The largest absolute Gasteiger partial charge is 0.380 e. The molecule has 0 amide bonds. The Morgan fingerprint density at radius 3 is 2.50 bits per heavy atom. The van der Waals surface area contributed by atoms with Crippen LogP contribution in [0.15, 0.2) is 18.2 Å². The fourth-order valence-electron chi connectivity index (χ4n) is 1.53. The van der Waals surface area contributed by atoms with Crippen LogP contribution in [0.2, 0.25) is 0 Å². The van der Waals surface area contributed by atoms with Gasteiger partial charge in [0.15, 0.2) is 0 Å². The molecule has 6 heteroatoms. The summed E-state index contributed by atoms with van der Waals surface area (Å²) in [6.07, 6.45) is 2.17. The molecule has 1 aliphatic rings. The molecule has 86 valence electrons. The summed E-state index contributed by atoms with van der Waals surface area (Å²) < 4.78 is 0. The van der Waals surface area contributed by atoms with Crippen molar-refractivity contribution in [3.8, 4) is 0 Å². The summed E-state index contributed by atoms with van der Waals surface area (Å²) in [5, 5.41) is 14.0. The van der Waals surface area contributed by atoms with Gasteiger partial charge in [-0.25, -0.2) is 0 Å². The van der Waals surface area contributed by atoms with Gasteiger partial charge in [-0.05, 0) is 25.8 Å². The van der Waals surface area contributed by atoms with Crippen LogP contribution in [0.25, 0.3) is 0 Å². The van der Waals surface area contributed by atoms with Crippen molar-refractivity contribution < 1.29 is 4.92 Å². The van der Waals surface area contributed by atoms with Gasteiger partial charge in [-0.2, -0.15) is 0 Å². The standard InChI is InChI=1S/C10H14N4O2/c1-10(2-3-10)12-7-4-8(13-11)6-9(5-7)14(15)16/h4-6,12-13H,2-3,11H2,1H3. The van der Waals surface area contributed by atoms with Crippen molar-refractivity contribution in [1.29, 1.82) is 0 Å². The SMILES string of the molecule is CC1(Nc2cc(NN)cc([N+](=O)[O-])c2)CC1. The highest BCUT2D eigenvalue weighted by molar-refractivity contribution is 5.64. The first-order chi connectivity index (χ1) is 7.52. The molecule has 0 spiro atoms. The minimum Gasteiger partial charge on any atom is -0.380 e. The maximum absolute atomic E-state index is 10.7. The highest BCUT2D eigenvalue weighted by Crippen LogP contribution is 2.39. The molecule has 1 saturated carbocycles. The summed E-state index contributed by atoms with van der Waals surface area (Å²) in [6, 6.07) is 4.68. The number of nitrogen functional groups attached to an aromatic ring is 1. The maximum atomic E-state index is 10.7. The zero-order valence-corrected chi connectivity index (χ0v) is 8.99. The van der Waals surface area contributed by atoms with Gasteiger partial charge in [-0.3, -0.25) is 16.0 Å². The third-order valence-corrected chi connectivity index (χ3v) is 2.74. The Morgan fingerprint density at radius 1 is 1.38 bits per heavy atom. The molecule has 0 radical (unpaired) electrons. The number of nitro groups is 1. The van der Waals surface area contributed by atoms with Gasteiger partial charge in [0.1, 0.15) is 0 Å². The van der Waals surface area contributed by atoms with Crippen LogP contribution in [0.1, 0.15) is 19.8 Å².